The highest BCUT2D eigenvalue weighted by molar-refractivity contribution is 7.13. The number of carboxylic acid groups (broad SMARTS) is 1. The zero-order chi connectivity index (χ0) is 19.9. The third kappa shape index (κ3) is 5.17. The third-order valence-electron chi connectivity index (χ3n) is 4.15. The second-order valence-corrected chi connectivity index (χ2v) is 7.06. The third-order valence-corrected chi connectivity index (χ3v) is 5.09. The summed E-state index contributed by atoms with van der Waals surface area (Å²) in [5.74, 6) is -0.664. The van der Waals surface area contributed by atoms with Gasteiger partial charge in [0, 0.05) is 17.4 Å². The van der Waals surface area contributed by atoms with Gasteiger partial charge in [-0.3, -0.25) is 4.79 Å². The van der Waals surface area contributed by atoms with Crippen molar-refractivity contribution >= 4 is 23.2 Å². The van der Waals surface area contributed by atoms with Crippen LogP contribution in [0.2, 0.25) is 0 Å². The van der Waals surface area contributed by atoms with Crippen molar-refractivity contribution in [3.63, 3.8) is 0 Å². The first-order chi connectivity index (χ1) is 13.5. The molecule has 2 aromatic carbocycles. The number of carboxylic acids is 1. The summed E-state index contributed by atoms with van der Waals surface area (Å²) in [6.07, 6.45) is 0.265. The summed E-state index contributed by atoms with van der Waals surface area (Å²) < 4.78 is 5.14. The number of carbonyl (C=O) groups is 2. The van der Waals surface area contributed by atoms with Gasteiger partial charge in [-0.25, -0.2) is 9.78 Å². The maximum absolute atomic E-state index is 12.3. The first-order valence-electron chi connectivity index (χ1n) is 8.70. The van der Waals surface area contributed by atoms with Crippen molar-refractivity contribution in [2.24, 2.45) is 0 Å². The molecule has 0 bridgehead atoms. The van der Waals surface area contributed by atoms with Crippen LogP contribution in [-0.2, 0) is 22.4 Å². The average Bonchev–Trinajstić information content (AvgIpc) is 3.16. The summed E-state index contributed by atoms with van der Waals surface area (Å²) >= 11 is 1.44. The molecule has 144 valence electrons. The lowest BCUT2D eigenvalue weighted by molar-refractivity contribution is -0.141. The van der Waals surface area contributed by atoms with Gasteiger partial charge in [0.2, 0.25) is 5.91 Å². The van der Waals surface area contributed by atoms with E-state index in [0.717, 1.165) is 21.9 Å². The highest BCUT2D eigenvalue weighted by Gasteiger charge is 2.21. The molecule has 3 aromatic rings. The van der Waals surface area contributed by atoms with Crippen LogP contribution in [0, 0.1) is 0 Å². The van der Waals surface area contributed by atoms with E-state index >= 15 is 0 Å². The van der Waals surface area contributed by atoms with E-state index in [2.05, 4.69) is 10.3 Å². The van der Waals surface area contributed by atoms with Crippen molar-refractivity contribution in [3.05, 3.63) is 71.2 Å². The second-order valence-electron chi connectivity index (χ2n) is 6.20. The molecular weight excluding hydrogens is 376 g/mol. The van der Waals surface area contributed by atoms with E-state index in [1.54, 1.807) is 7.11 Å². The molecule has 0 spiro atoms. The Morgan fingerprint density at radius 2 is 1.86 bits per heavy atom. The first kappa shape index (κ1) is 19.6. The van der Waals surface area contributed by atoms with Crippen LogP contribution in [0.1, 0.15) is 11.3 Å². The molecule has 0 radical (unpaired) electrons. The molecular formula is C21H20N2O4S. The highest BCUT2D eigenvalue weighted by Crippen LogP contribution is 2.25. The van der Waals surface area contributed by atoms with E-state index in [9.17, 15) is 14.7 Å². The fraction of sp³-hybridized carbons (Fsp3) is 0.190. The largest absolute Gasteiger partial charge is 0.497 e. The van der Waals surface area contributed by atoms with Gasteiger partial charge in [-0.2, -0.15) is 0 Å². The number of benzene rings is 2. The van der Waals surface area contributed by atoms with Crippen LogP contribution in [0.3, 0.4) is 0 Å². The Hall–Kier alpha value is -3.19. The normalized spacial score (nSPS) is 11.6. The lowest BCUT2D eigenvalue weighted by atomic mass is 10.1. The Balaban J connectivity index is 1.62. The molecule has 0 unspecified atom stereocenters. The Morgan fingerprint density at radius 3 is 2.50 bits per heavy atom. The highest BCUT2D eigenvalue weighted by atomic mass is 32.1. The minimum atomic E-state index is -1.06. The summed E-state index contributed by atoms with van der Waals surface area (Å²) in [6, 6.07) is 15.7. The van der Waals surface area contributed by atoms with Crippen molar-refractivity contribution in [2.75, 3.05) is 7.11 Å². The Morgan fingerprint density at radius 1 is 1.14 bits per heavy atom. The second kappa shape index (κ2) is 9.14. The topological polar surface area (TPSA) is 88.5 Å². The van der Waals surface area contributed by atoms with Gasteiger partial charge in [-0.15, -0.1) is 11.3 Å². The predicted octanol–water partition coefficient (Wildman–Crippen LogP) is 3.17. The van der Waals surface area contributed by atoms with Crippen LogP contribution in [0.5, 0.6) is 5.75 Å². The Labute approximate surface area is 166 Å². The van der Waals surface area contributed by atoms with E-state index in [4.69, 9.17) is 4.74 Å². The molecule has 0 aliphatic carbocycles. The lowest BCUT2D eigenvalue weighted by Crippen LogP contribution is -2.43. The van der Waals surface area contributed by atoms with E-state index in [1.807, 2.05) is 60.0 Å². The van der Waals surface area contributed by atoms with Gasteiger partial charge in [-0.05, 0) is 29.8 Å². The molecule has 0 aliphatic heterocycles. The van der Waals surface area contributed by atoms with Crippen molar-refractivity contribution in [3.8, 4) is 16.3 Å². The fourth-order valence-electron chi connectivity index (χ4n) is 2.71. The quantitative estimate of drug-likeness (QED) is 0.611. The summed E-state index contributed by atoms with van der Waals surface area (Å²) in [5.41, 5.74) is 2.40. The minimum absolute atomic E-state index is 0.0330. The number of aromatic nitrogens is 1. The smallest absolute Gasteiger partial charge is 0.326 e. The van der Waals surface area contributed by atoms with Crippen LogP contribution >= 0.6 is 11.3 Å². The van der Waals surface area contributed by atoms with Crippen LogP contribution in [-0.4, -0.2) is 35.1 Å². The summed E-state index contributed by atoms with van der Waals surface area (Å²) in [4.78, 5) is 28.3. The van der Waals surface area contributed by atoms with Crippen LogP contribution in [0.15, 0.2) is 60.0 Å². The van der Waals surface area contributed by atoms with Gasteiger partial charge in [-0.1, -0.05) is 30.3 Å². The monoisotopic (exact) mass is 396 g/mol. The molecule has 0 saturated carbocycles. The first-order valence-corrected chi connectivity index (χ1v) is 9.58. The number of carbonyl (C=O) groups excluding carboxylic acids is 1. The maximum Gasteiger partial charge on any atom is 0.326 e. The molecule has 0 fully saturated rings. The minimum Gasteiger partial charge on any atom is -0.497 e. The zero-order valence-electron chi connectivity index (χ0n) is 15.3. The van der Waals surface area contributed by atoms with Crippen molar-refractivity contribution in [2.45, 2.75) is 18.9 Å². The summed E-state index contributed by atoms with van der Waals surface area (Å²) in [6.45, 7) is 0. The van der Waals surface area contributed by atoms with Gasteiger partial charge < -0.3 is 15.2 Å². The molecule has 1 aromatic heterocycles. The summed E-state index contributed by atoms with van der Waals surface area (Å²) in [5, 5.41) is 14.6. The molecule has 0 aliphatic rings. The molecule has 0 saturated heterocycles. The standard InChI is InChI=1S/C21H20N2O4S/c1-27-17-9-7-15(8-10-17)20-22-16(13-28-20)12-19(24)23-18(21(25)26)11-14-5-3-2-4-6-14/h2-10,13,18H,11-12H2,1H3,(H,23,24)(H,25,26)/t18-/m0/s1. The molecule has 3 rings (SSSR count). The van der Waals surface area contributed by atoms with E-state index < -0.39 is 12.0 Å². The summed E-state index contributed by atoms with van der Waals surface area (Å²) in [7, 11) is 1.61. The number of ether oxygens (including phenoxy) is 1. The van der Waals surface area contributed by atoms with E-state index in [0.29, 0.717) is 5.69 Å². The van der Waals surface area contributed by atoms with Gasteiger partial charge in [0.15, 0.2) is 0 Å². The van der Waals surface area contributed by atoms with Crippen molar-refractivity contribution in [1.82, 2.24) is 10.3 Å². The Kier molecular flexibility index (Phi) is 6.39. The number of methoxy groups -OCH3 is 1. The van der Waals surface area contributed by atoms with Gasteiger partial charge in [0.25, 0.3) is 0 Å². The average molecular weight is 396 g/mol. The number of hydrogen-bond donors (Lipinski definition) is 2. The van der Waals surface area contributed by atoms with Gasteiger partial charge in [0.05, 0.1) is 19.2 Å². The molecule has 7 heteroatoms. The van der Waals surface area contributed by atoms with Gasteiger partial charge in [0.1, 0.15) is 16.8 Å². The van der Waals surface area contributed by atoms with E-state index in [-0.39, 0.29) is 18.7 Å². The van der Waals surface area contributed by atoms with Crippen LogP contribution in [0.4, 0.5) is 0 Å². The maximum atomic E-state index is 12.3. The van der Waals surface area contributed by atoms with E-state index in [1.165, 1.54) is 11.3 Å². The zero-order valence-corrected chi connectivity index (χ0v) is 16.1. The number of hydrogen-bond acceptors (Lipinski definition) is 5. The van der Waals surface area contributed by atoms with Crippen LogP contribution < -0.4 is 10.1 Å². The van der Waals surface area contributed by atoms with Crippen molar-refractivity contribution in [1.29, 1.82) is 0 Å². The molecule has 2 N–H and O–H groups in total. The fourth-order valence-corrected chi connectivity index (χ4v) is 3.54. The molecule has 1 heterocycles. The van der Waals surface area contributed by atoms with Crippen molar-refractivity contribution < 1.29 is 19.4 Å². The van der Waals surface area contributed by atoms with Crippen LogP contribution in [0.25, 0.3) is 10.6 Å². The molecule has 1 atom stereocenters. The number of rotatable bonds is 8. The molecule has 1 amide bonds. The molecule has 6 nitrogen and oxygen atoms in total. The molecule has 28 heavy (non-hydrogen) atoms. The number of nitrogens with one attached hydrogen (secondary N) is 1. The lowest BCUT2D eigenvalue weighted by Gasteiger charge is -2.14. The number of amides is 1. The predicted molar refractivity (Wildman–Crippen MR) is 108 cm³/mol. The number of nitrogens with zero attached hydrogens (tertiary/aromatic N) is 1. The van der Waals surface area contributed by atoms with Gasteiger partial charge >= 0.3 is 5.97 Å². The number of thiazole rings is 1. The number of aliphatic carboxylic acids is 1. The Bertz CT molecular complexity index is 939. The SMILES string of the molecule is COc1ccc(-c2nc(CC(=O)N[C@@H](Cc3ccccc3)C(=O)O)cs2)cc1.